The monoisotopic (exact) mass is 547 g/mol. The number of carbonyl (C=O) groups excluding carboxylic acids is 1. The Labute approximate surface area is 203 Å². The fraction of sp³-hybridized carbons (Fsp3) is 0.636. The number of guanidine groups is 1. The van der Waals surface area contributed by atoms with E-state index in [-0.39, 0.29) is 30.1 Å². The predicted octanol–water partition coefficient (Wildman–Crippen LogP) is 2.72. The summed E-state index contributed by atoms with van der Waals surface area (Å²) in [6, 6.07) is 8.49. The van der Waals surface area contributed by atoms with Crippen molar-refractivity contribution in [3.8, 4) is 0 Å². The van der Waals surface area contributed by atoms with E-state index in [1.807, 2.05) is 20.8 Å². The third-order valence-electron chi connectivity index (χ3n) is 4.60. The highest BCUT2D eigenvalue weighted by atomic mass is 127. The molecular formula is C22H38IN5O3. The lowest BCUT2D eigenvalue weighted by Crippen LogP contribution is -2.39. The number of aliphatic imine (C=N–C) groups is 1. The molecule has 1 fully saturated rings. The first-order chi connectivity index (χ1) is 14.4. The van der Waals surface area contributed by atoms with E-state index in [2.05, 4.69) is 50.1 Å². The summed E-state index contributed by atoms with van der Waals surface area (Å²) >= 11 is 0. The molecule has 31 heavy (non-hydrogen) atoms. The van der Waals surface area contributed by atoms with Crippen LogP contribution in [0.5, 0.6) is 0 Å². The van der Waals surface area contributed by atoms with E-state index in [1.54, 1.807) is 7.05 Å². The second kappa shape index (κ2) is 14.5. The van der Waals surface area contributed by atoms with Gasteiger partial charge in [-0.1, -0.05) is 24.3 Å². The fourth-order valence-corrected chi connectivity index (χ4v) is 3.08. The number of amides is 1. The standard InChI is InChI=1S/C22H37N5O3.HI/c1-22(2,3)30-21(28)25-11-7-10-24-20(23-4)26-16-18-8-5-6-9-19(18)17-27-12-14-29-15-13-27;/h5-6,8-9H,7,10-17H2,1-4H3,(H,25,28)(H2,23,24,26);1H. The smallest absolute Gasteiger partial charge is 0.407 e. The number of benzene rings is 1. The normalized spacial score (nSPS) is 15.0. The van der Waals surface area contributed by atoms with Gasteiger partial charge in [0, 0.05) is 46.3 Å². The lowest BCUT2D eigenvalue weighted by molar-refractivity contribution is 0.0340. The van der Waals surface area contributed by atoms with Gasteiger partial charge in [-0.2, -0.15) is 0 Å². The molecule has 9 heteroatoms. The molecule has 1 saturated heterocycles. The summed E-state index contributed by atoms with van der Waals surface area (Å²) in [6.07, 6.45) is 0.384. The number of ether oxygens (including phenoxy) is 2. The first-order valence-corrected chi connectivity index (χ1v) is 10.7. The van der Waals surface area contributed by atoms with Gasteiger partial charge in [0.15, 0.2) is 5.96 Å². The average molecular weight is 547 g/mol. The zero-order chi connectivity index (χ0) is 21.8. The Bertz CT molecular complexity index is 688. The number of morpholine rings is 1. The van der Waals surface area contributed by atoms with E-state index >= 15 is 0 Å². The molecule has 0 aromatic heterocycles. The van der Waals surface area contributed by atoms with E-state index in [4.69, 9.17) is 9.47 Å². The van der Waals surface area contributed by atoms with Crippen molar-refractivity contribution < 1.29 is 14.3 Å². The van der Waals surface area contributed by atoms with Crippen LogP contribution in [-0.2, 0) is 22.6 Å². The second-order valence-corrected chi connectivity index (χ2v) is 8.29. The van der Waals surface area contributed by atoms with Gasteiger partial charge in [-0.25, -0.2) is 4.79 Å². The van der Waals surface area contributed by atoms with E-state index in [0.29, 0.717) is 19.6 Å². The third-order valence-corrected chi connectivity index (χ3v) is 4.60. The number of hydrogen-bond acceptors (Lipinski definition) is 5. The maximum absolute atomic E-state index is 11.6. The topological polar surface area (TPSA) is 87.2 Å². The molecule has 1 aliphatic heterocycles. The quantitative estimate of drug-likeness (QED) is 0.201. The fourth-order valence-electron chi connectivity index (χ4n) is 3.08. The van der Waals surface area contributed by atoms with E-state index < -0.39 is 5.60 Å². The summed E-state index contributed by atoms with van der Waals surface area (Å²) in [5, 5.41) is 9.42. The molecular weight excluding hydrogens is 509 g/mol. The molecule has 0 radical (unpaired) electrons. The number of hydrogen-bond donors (Lipinski definition) is 3. The van der Waals surface area contributed by atoms with Gasteiger partial charge in [-0.3, -0.25) is 9.89 Å². The molecule has 1 heterocycles. The van der Waals surface area contributed by atoms with Gasteiger partial charge < -0.3 is 25.4 Å². The molecule has 1 aromatic carbocycles. The van der Waals surface area contributed by atoms with Gasteiger partial charge in [0.05, 0.1) is 13.2 Å². The molecule has 176 valence electrons. The Morgan fingerprint density at radius 2 is 1.74 bits per heavy atom. The SMILES string of the molecule is CN=C(NCCCNC(=O)OC(C)(C)C)NCc1ccccc1CN1CCOCC1.I. The molecule has 3 N–H and O–H groups in total. The molecule has 0 saturated carbocycles. The van der Waals surface area contributed by atoms with Crippen LogP contribution in [0, 0.1) is 0 Å². The van der Waals surface area contributed by atoms with Gasteiger partial charge in [0.25, 0.3) is 0 Å². The van der Waals surface area contributed by atoms with Crippen LogP contribution in [0.4, 0.5) is 4.79 Å². The van der Waals surface area contributed by atoms with Gasteiger partial charge >= 0.3 is 6.09 Å². The Morgan fingerprint density at radius 1 is 1.10 bits per heavy atom. The molecule has 0 atom stereocenters. The highest BCUT2D eigenvalue weighted by Crippen LogP contribution is 2.13. The van der Waals surface area contributed by atoms with Crippen LogP contribution in [0.3, 0.4) is 0 Å². The summed E-state index contributed by atoms with van der Waals surface area (Å²) in [4.78, 5) is 18.4. The summed E-state index contributed by atoms with van der Waals surface area (Å²) < 4.78 is 10.7. The number of alkyl carbamates (subject to hydrolysis) is 1. The molecule has 1 aromatic rings. The summed E-state index contributed by atoms with van der Waals surface area (Å²) in [5.74, 6) is 0.744. The van der Waals surface area contributed by atoms with Crippen molar-refractivity contribution in [2.24, 2.45) is 4.99 Å². The van der Waals surface area contributed by atoms with Gasteiger partial charge in [-0.05, 0) is 38.3 Å². The number of nitrogens with one attached hydrogen (secondary N) is 3. The lowest BCUT2D eigenvalue weighted by Gasteiger charge is -2.27. The largest absolute Gasteiger partial charge is 0.444 e. The van der Waals surface area contributed by atoms with Crippen LogP contribution >= 0.6 is 24.0 Å². The molecule has 0 aliphatic carbocycles. The van der Waals surface area contributed by atoms with Crippen LogP contribution in [-0.4, -0.2) is 69.0 Å². The first-order valence-electron chi connectivity index (χ1n) is 10.7. The minimum absolute atomic E-state index is 0. The Hall–Kier alpha value is -1.59. The Balaban J connectivity index is 0.00000480. The van der Waals surface area contributed by atoms with Crippen molar-refractivity contribution in [1.29, 1.82) is 0 Å². The van der Waals surface area contributed by atoms with E-state index in [9.17, 15) is 4.79 Å². The molecule has 1 amide bonds. The minimum Gasteiger partial charge on any atom is -0.444 e. The van der Waals surface area contributed by atoms with Crippen molar-refractivity contribution in [2.45, 2.75) is 45.9 Å². The van der Waals surface area contributed by atoms with Crippen molar-refractivity contribution in [1.82, 2.24) is 20.9 Å². The highest BCUT2D eigenvalue weighted by molar-refractivity contribution is 14.0. The van der Waals surface area contributed by atoms with E-state index in [1.165, 1.54) is 11.1 Å². The Morgan fingerprint density at radius 3 is 2.39 bits per heavy atom. The molecule has 1 aliphatic rings. The maximum atomic E-state index is 11.6. The molecule has 2 rings (SSSR count). The van der Waals surface area contributed by atoms with Crippen LogP contribution in [0.2, 0.25) is 0 Å². The number of nitrogens with zero attached hydrogens (tertiary/aromatic N) is 2. The van der Waals surface area contributed by atoms with E-state index in [0.717, 1.165) is 45.2 Å². The molecule has 0 spiro atoms. The molecule has 0 unspecified atom stereocenters. The summed E-state index contributed by atoms with van der Waals surface area (Å²) in [5.41, 5.74) is 2.11. The number of halogens is 1. The average Bonchev–Trinajstić information content (AvgIpc) is 2.70. The van der Waals surface area contributed by atoms with Gasteiger partial charge in [-0.15, -0.1) is 24.0 Å². The second-order valence-electron chi connectivity index (χ2n) is 8.29. The predicted molar refractivity (Wildman–Crippen MR) is 135 cm³/mol. The number of carbonyl (C=O) groups is 1. The van der Waals surface area contributed by atoms with Crippen molar-refractivity contribution >= 4 is 36.0 Å². The van der Waals surface area contributed by atoms with Crippen LogP contribution in [0.25, 0.3) is 0 Å². The maximum Gasteiger partial charge on any atom is 0.407 e. The number of rotatable bonds is 8. The summed E-state index contributed by atoms with van der Waals surface area (Å²) in [7, 11) is 1.76. The van der Waals surface area contributed by atoms with Crippen molar-refractivity contribution in [3.05, 3.63) is 35.4 Å². The van der Waals surface area contributed by atoms with Crippen LogP contribution in [0.15, 0.2) is 29.3 Å². The van der Waals surface area contributed by atoms with Crippen molar-refractivity contribution in [2.75, 3.05) is 46.4 Å². The minimum atomic E-state index is -0.480. The van der Waals surface area contributed by atoms with Gasteiger partial charge in [0.2, 0.25) is 0 Å². The van der Waals surface area contributed by atoms with Crippen LogP contribution in [0.1, 0.15) is 38.3 Å². The molecule has 8 nitrogen and oxygen atoms in total. The zero-order valence-electron chi connectivity index (χ0n) is 19.2. The third kappa shape index (κ3) is 11.6. The van der Waals surface area contributed by atoms with Gasteiger partial charge in [0.1, 0.15) is 5.60 Å². The van der Waals surface area contributed by atoms with Crippen LogP contribution < -0.4 is 16.0 Å². The highest BCUT2D eigenvalue weighted by Gasteiger charge is 2.15. The first kappa shape index (κ1) is 27.4. The molecule has 0 bridgehead atoms. The lowest BCUT2D eigenvalue weighted by atomic mass is 10.1. The Kier molecular flexibility index (Phi) is 12.8. The summed E-state index contributed by atoms with van der Waals surface area (Å²) in [6.45, 7) is 12.0. The zero-order valence-corrected chi connectivity index (χ0v) is 21.5. The van der Waals surface area contributed by atoms with Crippen molar-refractivity contribution in [3.63, 3.8) is 0 Å².